The van der Waals surface area contributed by atoms with Crippen LogP contribution in [0.1, 0.15) is 44.2 Å². The molecule has 0 aliphatic carbocycles. The van der Waals surface area contributed by atoms with Crippen molar-refractivity contribution in [3.05, 3.63) is 71.8 Å². The lowest BCUT2D eigenvalue weighted by molar-refractivity contribution is -0.0995. The van der Waals surface area contributed by atoms with Gasteiger partial charge in [0, 0.05) is 0 Å². The van der Waals surface area contributed by atoms with Crippen LogP contribution in [0.4, 0.5) is 0 Å². The number of hydrogen-bond acceptors (Lipinski definition) is 2. The van der Waals surface area contributed by atoms with Gasteiger partial charge < -0.3 is 9.47 Å². The molecule has 0 radical (unpaired) electrons. The van der Waals surface area contributed by atoms with Crippen LogP contribution in [0.5, 0.6) is 0 Å². The van der Waals surface area contributed by atoms with Crippen molar-refractivity contribution < 1.29 is 9.47 Å². The van der Waals surface area contributed by atoms with Crippen LogP contribution in [-0.4, -0.2) is 18.3 Å². The summed E-state index contributed by atoms with van der Waals surface area (Å²) in [5.41, 5.74) is 2.64. The van der Waals surface area contributed by atoms with E-state index in [0.29, 0.717) is 18.6 Å². The van der Waals surface area contributed by atoms with E-state index in [1.165, 1.54) is 17.5 Å². The second-order valence-electron chi connectivity index (χ2n) is 7.36. The zero-order valence-electron chi connectivity index (χ0n) is 15.4. The summed E-state index contributed by atoms with van der Waals surface area (Å²) in [4.78, 5) is 0. The van der Waals surface area contributed by atoms with Crippen molar-refractivity contribution in [1.29, 1.82) is 0 Å². The first-order valence-corrected chi connectivity index (χ1v) is 9.55. The summed E-state index contributed by atoms with van der Waals surface area (Å²) in [6, 6.07) is 21.2. The molecule has 0 N–H and O–H groups in total. The van der Waals surface area contributed by atoms with E-state index >= 15 is 0 Å². The van der Waals surface area contributed by atoms with Crippen LogP contribution in [0.3, 0.4) is 0 Å². The van der Waals surface area contributed by atoms with Crippen molar-refractivity contribution in [3.8, 4) is 0 Å². The van der Waals surface area contributed by atoms with Gasteiger partial charge >= 0.3 is 0 Å². The third-order valence-electron chi connectivity index (χ3n) is 5.16. The second-order valence-corrected chi connectivity index (χ2v) is 7.36. The highest BCUT2D eigenvalue weighted by Crippen LogP contribution is 2.31. The summed E-state index contributed by atoms with van der Waals surface area (Å²) in [6.45, 7) is 5.04. The number of ether oxygens (including phenoxy) is 2. The summed E-state index contributed by atoms with van der Waals surface area (Å²) in [5.74, 6) is 0.585. The third-order valence-corrected chi connectivity index (χ3v) is 5.16. The number of benzene rings is 2. The first-order valence-electron chi connectivity index (χ1n) is 9.55. The van der Waals surface area contributed by atoms with Gasteiger partial charge in [-0.2, -0.15) is 0 Å². The highest BCUT2D eigenvalue weighted by atomic mass is 16.5. The maximum atomic E-state index is 6.31. The molecule has 0 spiro atoms. The Morgan fingerprint density at radius 1 is 0.960 bits per heavy atom. The molecule has 0 saturated carbocycles. The monoisotopic (exact) mass is 338 g/mol. The van der Waals surface area contributed by atoms with Crippen LogP contribution in [0.25, 0.3) is 0 Å². The largest absolute Gasteiger partial charge is 0.375 e. The zero-order chi connectivity index (χ0) is 17.5. The van der Waals surface area contributed by atoms with E-state index in [2.05, 4.69) is 68.4 Å². The fourth-order valence-electron chi connectivity index (χ4n) is 3.72. The van der Waals surface area contributed by atoms with Crippen molar-refractivity contribution >= 4 is 0 Å². The SMILES string of the molecule is C[C@H](C[C@H]1O[C@@H](C)CC[C@@H]1Cc1ccccc1)OCc1ccccc1. The smallest absolute Gasteiger partial charge is 0.0720 e. The highest BCUT2D eigenvalue weighted by Gasteiger charge is 2.30. The standard InChI is InChI=1S/C23H30O2/c1-18-13-14-22(16-20-9-5-3-6-10-20)23(25-18)15-19(2)24-17-21-11-7-4-8-12-21/h3-12,18-19,22-23H,13-17H2,1-2H3/t18-,19+,22+,23+/m0/s1. The van der Waals surface area contributed by atoms with Gasteiger partial charge in [-0.3, -0.25) is 0 Å². The minimum absolute atomic E-state index is 0.203. The van der Waals surface area contributed by atoms with E-state index < -0.39 is 0 Å². The van der Waals surface area contributed by atoms with Gasteiger partial charge in [0.1, 0.15) is 0 Å². The maximum Gasteiger partial charge on any atom is 0.0720 e. The molecule has 2 heteroatoms. The van der Waals surface area contributed by atoms with Crippen LogP contribution in [-0.2, 0) is 22.5 Å². The Balaban J connectivity index is 1.55. The molecule has 2 nitrogen and oxygen atoms in total. The van der Waals surface area contributed by atoms with Gasteiger partial charge in [0.05, 0.1) is 24.9 Å². The van der Waals surface area contributed by atoms with Crippen LogP contribution in [0.2, 0.25) is 0 Å². The molecule has 2 aromatic rings. The lowest BCUT2D eigenvalue weighted by atomic mass is 9.84. The Hall–Kier alpha value is -1.64. The molecule has 134 valence electrons. The van der Waals surface area contributed by atoms with E-state index in [1.807, 2.05) is 6.07 Å². The second kappa shape index (κ2) is 9.17. The normalized spacial score (nSPS) is 24.8. The van der Waals surface area contributed by atoms with E-state index in [1.54, 1.807) is 0 Å². The topological polar surface area (TPSA) is 18.5 Å². The summed E-state index contributed by atoms with van der Waals surface area (Å²) < 4.78 is 12.4. The zero-order valence-corrected chi connectivity index (χ0v) is 15.4. The Morgan fingerprint density at radius 3 is 2.28 bits per heavy atom. The van der Waals surface area contributed by atoms with Crippen molar-refractivity contribution in [2.24, 2.45) is 5.92 Å². The first kappa shape index (κ1) is 18.2. The molecule has 0 bridgehead atoms. The molecule has 25 heavy (non-hydrogen) atoms. The average Bonchev–Trinajstić information content (AvgIpc) is 2.64. The fourth-order valence-corrected chi connectivity index (χ4v) is 3.72. The van der Waals surface area contributed by atoms with Crippen molar-refractivity contribution in [2.45, 2.75) is 64.4 Å². The molecule has 0 amide bonds. The maximum absolute atomic E-state index is 6.31. The first-order chi connectivity index (χ1) is 12.2. The molecule has 3 rings (SSSR count). The van der Waals surface area contributed by atoms with Gasteiger partial charge in [-0.1, -0.05) is 60.7 Å². The molecule has 1 fully saturated rings. The van der Waals surface area contributed by atoms with Crippen LogP contribution >= 0.6 is 0 Å². The van der Waals surface area contributed by atoms with E-state index in [9.17, 15) is 0 Å². The third kappa shape index (κ3) is 5.69. The molecule has 1 heterocycles. The van der Waals surface area contributed by atoms with Crippen molar-refractivity contribution in [3.63, 3.8) is 0 Å². The number of hydrogen-bond donors (Lipinski definition) is 0. The number of rotatable bonds is 7. The van der Waals surface area contributed by atoms with Crippen molar-refractivity contribution in [2.75, 3.05) is 0 Å². The van der Waals surface area contributed by atoms with Gasteiger partial charge in [0.2, 0.25) is 0 Å². The highest BCUT2D eigenvalue weighted by molar-refractivity contribution is 5.16. The van der Waals surface area contributed by atoms with Gasteiger partial charge in [0.15, 0.2) is 0 Å². The molecule has 2 aromatic carbocycles. The van der Waals surface area contributed by atoms with E-state index in [4.69, 9.17) is 9.47 Å². The molecule has 4 atom stereocenters. The Labute approximate surface area is 152 Å². The molecular formula is C23H30O2. The minimum atomic E-state index is 0.203. The van der Waals surface area contributed by atoms with Gasteiger partial charge in [0.25, 0.3) is 0 Å². The van der Waals surface area contributed by atoms with Crippen LogP contribution in [0.15, 0.2) is 60.7 Å². The molecule has 0 unspecified atom stereocenters. The van der Waals surface area contributed by atoms with E-state index in [-0.39, 0.29) is 12.2 Å². The quantitative estimate of drug-likeness (QED) is 0.672. The predicted octanol–water partition coefficient (Wildman–Crippen LogP) is 5.41. The van der Waals surface area contributed by atoms with Gasteiger partial charge in [-0.15, -0.1) is 0 Å². The molecule has 1 aliphatic rings. The summed E-state index contributed by atoms with van der Waals surface area (Å²) in [6.07, 6.45) is 5.32. The Morgan fingerprint density at radius 2 is 1.60 bits per heavy atom. The molecular weight excluding hydrogens is 308 g/mol. The lowest BCUT2D eigenvalue weighted by Crippen LogP contribution is -2.37. The van der Waals surface area contributed by atoms with Crippen LogP contribution < -0.4 is 0 Å². The van der Waals surface area contributed by atoms with Gasteiger partial charge in [-0.25, -0.2) is 0 Å². The fraction of sp³-hybridized carbons (Fsp3) is 0.478. The predicted molar refractivity (Wildman–Crippen MR) is 103 cm³/mol. The molecule has 1 saturated heterocycles. The van der Waals surface area contributed by atoms with Gasteiger partial charge in [-0.05, 0) is 56.6 Å². The van der Waals surface area contributed by atoms with E-state index in [0.717, 1.165) is 19.3 Å². The minimum Gasteiger partial charge on any atom is -0.375 e. The summed E-state index contributed by atoms with van der Waals surface area (Å²) >= 11 is 0. The lowest BCUT2D eigenvalue weighted by Gasteiger charge is -2.37. The molecule has 1 aliphatic heterocycles. The average molecular weight is 338 g/mol. The Kier molecular flexibility index (Phi) is 6.66. The Bertz CT molecular complexity index is 611. The summed E-state index contributed by atoms with van der Waals surface area (Å²) in [7, 11) is 0. The summed E-state index contributed by atoms with van der Waals surface area (Å²) in [5, 5.41) is 0. The van der Waals surface area contributed by atoms with Crippen LogP contribution in [0, 0.1) is 5.92 Å². The molecule has 0 aromatic heterocycles. The van der Waals surface area contributed by atoms with Crippen molar-refractivity contribution in [1.82, 2.24) is 0 Å².